The van der Waals surface area contributed by atoms with E-state index >= 15 is 0 Å². The van der Waals surface area contributed by atoms with E-state index in [0.29, 0.717) is 6.04 Å². The molecule has 1 aromatic rings. The standard InChI is InChI=1S/C19H30BrN/c1-5-10-21-19(16-8-7-14(3)15(4)12-16)17-11-13(2)6-9-18(17)20/h6,9,11,14-16,19,21H,5,7-8,10,12H2,1-4H3. The minimum absolute atomic E-state index is 0.495. The maximum absolute atomic E-state index is 3.83. The highest BCUT2D eigenvalue weighted by molar-refractivity contribution is 9.10. The predicted octanol–water partition coefficient (Wildman–Crippen LogP) is 5.87. The van der Waals surface area contributed by atoms with Crippen LogP contribution in [-0.2, 0) is 0 Å². The van der Waals surface area contributed by atoms with Gasteiger partial charge in [-0.3, -0.25) is 0 Å². The summed E-state index contributed by atoms with van der Waals surface area (Å²) in [6.45, 7) is 10.4. The third-order valence-corrected chi connectivity index (χ3v) is 5.93. The largest absolute Gasteiger partial charge is 0.310 e. The molecule has 0 aromatic heterocycles. The van der Waals surface area contributed by atoms with E-state index in [1.165, 1.54) is 41.3 Å². The highest BCUT2D eigenvalue weighted by atomic mass is 79.9. The van der Waals surface area contributed by atoms with Crippen LogP contribution in [0, 0.1) is 24.7 Å². The molecule has 1 fully saturated rings. The minimum atomic E-state index is 0.495. The lowest BCUT2D eigenvalue weighted by atomic mass is 9.72. The summed E-state index contributed by atoms with van der Waals surface area (Å²) in [6, 6.07) is 7.25. The van der Waals surface area contributed by atoms with E-state index in [9.17, 15) is 0 Å². The molecule has 0 saturated heterocycles. The van der Waals surface area contributed by atoms with Gasteiger partial charge in [-0.15, -0.1) is 0 Å². The van der Waals surface area contributed by atoms with Gasteiger partial charge >= 0.3 is 0 Å². The number of benzene rings is 1. The third kappa shape index (κ3) is 4.32. The zero-order chi connectivity index (χ0) is 15.4. The predicted molar refractivity (Wildman–Crippen MR) is 95.6 cm³/mol. The monoisotopic (exact) mass is 351 g/mol. The van der Waals surface area contributed by atoms with Crippen molar-refractivity contribution in [1.29, 1.82) is 0 Å². The number of rotatable bonds is 5. The summed E-state index contributed by atoms with van der Waals surface area (Å²) in [5.41, 5.74) is 2.81. The summed E-state index contributed by atoms with van der Waals surface area (Å²) in [5, 5.41) is 3.83. The van der Waals surface area contributed by atoms with Crippen molar-refractivity contribution < 1.29 is 0 Å². The Morgan fingerprint density at radius 3 is 2.67 bits per heavy atom. The van der Waals surface area contributed by atoms with Crippen LogP contribution < -0.4 is 5.32 Å². The quantitative estimate of drug-likeness (QED) is 0.699. The zero-order valence-corrected chi connectivity index (χ0v) is 15.5. The molecule has 1 N–H and O–H groups in total. The van der Waals surface area contributed by atoms with Crippen LogP contribution in [0.15, 0.2) is 22.7 Å². The van der Waals surface area contributed by atoms with Crippen molar-refractivity contribution in [1.82, 2.24) is 5.32 Å². The second-order valence-electron chi connectivity index (χ2n) is 6.98. The molecule has 1 aliphatic rings. The van der Waals surface area contributed by atoms with E-state index in [1.807, 2.05) is 0 Å². The van der Waals surface area contributed by atoms with Gasteiger partial charge in [0.05, 0.1) is 0 Å². The number of nitrogens with one attached hydrogen (secondary N) is 1. The molecule has 0 amide bonds. The molecule has 4 atom stereocenters. The Morgan fingerprint density at radius 2 is 2.00 bits per heavy atom. The Morgan fingerprint density at radius 1 is 1.24 bits per heavy atom. The topological polar surface area (TPSA) is 12.0 Å². The highest BCUT2D eigenvalue weighted by Crippen LogP contribution is 2.41. The SMILES string of the molecule is CCCNC(c1cc(C)ccc1Br)C1CCC(C)C(C)C1. The molecular formula is C19H30BrN. The van der Waals surface area contributed by atoms with E-state index in [4.69, 9.17) is 0 Å². The van der Waals surface area contributed by atoms with Gasteiger partial charge in [0.2, 0.25) is 0 Å². The lowest BCUT2D eigenvalue weighted by molar-refractivity contribution is 0.171. The Balaban J connectivity index is 2.23. The summed E-state index contributed by atoms with van der Waals surface area (Å²) in [4.78, 5) is 0. The molecule has 0 radical (unpaired) electrons. The van der Waals surface area contributed by atoms with Gasteiger partial charge in [-0.05, 0) is 62.1 Å². The summed E-state index contributed by atoms with van der Waals surface area (Å²) < 4.78 is 1.26. The van der Waals surface area contributed by atoms with Crippen LogP contribution in [0.4, 0.5) is 0 Å². The van der Waals surface area contributed by atoms with Crippen LogP contribution in [0.3, 0.4) is 0 Å². The second-order valence-corrected chi connectivity index (χ2v) is 7.84. The molecule has 0 heterocycles. The van der Waals surface area contributed by atoms with Gasteiger partial charge in [0.15, 0.2) is 0 Å². The molecule has 0 aliphatic heterocycles. The molecule has 4 unspecified atom stereocenters. The van der Waals surface area contributed by atoms with Gasteiger partial charge in [-0.25, -0.2) is 0 Å². The molecule has 1 saturated carbocycles. The first-order valence-electron chi connectivity index (χ1n) is 8.52. The Kier molecular flexibility index (Phi) is 6.31. The van der Waals surface area contributed by atoms with Crippen molar-refractivity contribution in [2.75, 3.05) is 6.54 Å². The van der Waals surface area contributed by atoms with Gasteiger partial charge < -0.3 is 5.32 Å². The first-order valence-corrected chi connectivity index (χ1v) is 9.31. The molecule has 0 spiro atoms. The highest BCUT2D eigenvalue weighted by Gasteiger charge is 2.31. The molecule has 118 valence electrons. The van der Waals surface area contributed by atoms with Crippen LogP contribution in [0.25, 0.3) is 0 Å². The van der Waals surface area contributed by atoms with Crippen molar-refractivity contribution >= 4 is 15.9 Å². The number of aryl methyl sites for hydroxylation is 1. The molecule has 2 heteroatoms. The van der Waals surface area contributed by atoms with Gasteiger partial charge in [-0.2, -0.15) is 0 Å². The molecule has 1 nitrogen and oxygen atoms in total. The summed E-state index contributed by atoms with van der Waals surface area (Å²) in [6.07, 6.45) is 5.27. The summed E-state index contributed by atoms with van der Waals surface area (Å²) in [5.74, 6) is 2.49. The molecule has 21 heavy (non-hydrogen) atoms. The molecule has 2 rings (SSSR count). The number of hydrogen-bond acceptors (Lipinski definition) is 1. The zero-order valence-electron chi connectivity index (χ0n) is 14.0. The maximum Gasteiger partial charge on any atom is 0.0360 e. The van der Waals surface area contributed by atoms with Gasteiger partial charge in [0, 0.05) is 10.5 Å². The van der Waals surface area contributed by atoms with Crippen molar-refractivity contribution in [3.05, 3.63) is 33.8 Å². The Hall–Kier alpha value is -0.340. The van der Waals surface area contributed by atoms with E-state index in [1.54, 1.807) is 0 Å². The van der Waals surface area contributed by atoms with Crippen LogP contribution in [0.5, 0.6) is 0 Å². The van der Waals surface area contributed by atoms with Gasteiger partial charge in [0.1, 0.15) is 0 Å². The molecule has 1 aliphatic carbocycles. The van der Waals surface area contributed by atoms with Crippen LogP contribution in [0.2, 0.25) is 0 Å². The number of hydrogen-bond donors (Lipinski definition) is 1. The van der Waals surface area contributed by atoms with E-state index in [2.05, 4.69) is 67.1 Å². The summed E-state index contributed by atoms with van der Waals surface area (Å²) >= 11 is 3.78. The smallest absolute Gasteiger partial charge is 0.0360 e. The normalized spacial score (nSPS) is 27.6. The fourth-order valence-corrected chi connectivity index (χ4v) is 4.12. The second kappa shape index (κ2) is 7.78. The lowest BCUT2D eigenvalue weighted by Crippen LogP contribution is -2.34. The molecule has 0 bridgehead atoms. The van der Waals surface area contributed by atoms with Gasteiger partial charge in [-0.1, -0.05) is 60.8 Å². The average molecular weight is 352 g/mol. The molecular weight excluding hydrogens is 322 g/mol. The Labute approximate surface area is 139 Å². The third-order valence-electron chi connectivity index (χ3n) is 5.21. The number of halogens is 1. The first-order chi connectivity index (χ1) is 10.0. The lowest BCUT2D eigenvalue weighted by Gasteiger charge is -2.38. The first kappa shape index (κ1) is 17.0. The maximum atomic E-state index is 3.83. The van der Waals surface area contributed by atoms with Crippen LogP contribution in [0.1, 0.15) is 63.6 Å². The van der Waals surface area contributed by atoms with E-state index < -0.39 is 0 Å². The van der Waals surface area contributed by atoms with Crippen molar-refractivity contribution in [2.45, 2.75) is 59.4 Å². The van der Waals surface area contributed by atoms with Crippen molar-refractivity contribution in [3.63, 3.8) is 0 Å². The average Bonchev–Trinajstić information content (AvgIpc) is 2.46. The fraction of sp³-hybridized carbons (Fsp3) is 0.684. The van der Waals surface area contributed by atoms with Crippen LogP contribution in [-0.4, -0.2) is 6.54 Å². The van der Waals surface area contributed by atoms with Crippen molar-refractivity contribution in [2.24, 2.45) is 17.8 Å². The van der Waals surface area contributed by atoms with E-state index in [0.717, 1.165) is 24.3 Å². The fourth-order valence-electron chi connectivity index (χ4n) is 3.62. The Bertz CT molecular complexity index is 457. The van der Waals surface area contributed by atoms with Crippen LogP contribution >= 0.6 is 15.9 Å². The van der Waals surface area contributed by atoms with E-state index in [-0.39, 0.29) is 0 Å². The van der Waals surface area contributed by atoms with Crippen molar-refractivity contribution in [3.8, 4) is 0 Å². The summed E-state index contributed by atoms with van der Waals surface area (Å²) in [7, 11) is 0. The molecule has 1 aromatic carbocycles. The minimum Gasteiger partial charge on any atom is -0.310 e. The van der Waals surface area contributed by atoms with Gasteiger partial charge in [0.25, 0.3) is 0 Å².